The molecule has 1 aromatic rings. The number of nitrogens with two attached hydrogens (primary N) is 1. The Morgan fingerprint density at radius 2 is 1.76 bits per heavy atom. The van der Waals surface area contributed by atoms with Gasteiger partial charge in [-0.1, -0.05) is 26.7 Å². The fourth-order valence-electron chi connectivity index (χ4n) is 2.52. The fourth-order valence-corrected chi connectivity index (χ4v) is 2.52. The van der Waals surface area contributed by atoms with E-state index in [1.807, 2.05) is 0 Å². The maximum Gasteiger partial charge on any atom is 0.148 e. The topological polar surface area (TPSA) is 67.1 Å². The van der Waals surface area contributed by atoms with Crippen molar-refractivity contribution < 1.29 is 0 Å². The minimum atomic E-state index is 0.538. The second-order valence-corrected chi connectivity index (χ2v) is 5.99. The standard InChI is InChI=1S/C16H29N5/c1-4-6-10-21(11-7-5-2)16-12(3)14(20-17)18-15(19-16)13-8-9-13/h13H,4-11,17H2,1-3H3,(H,18,19,20). The molecule has 0 atom stereocenters. The molecule has 0 spiro atoms. The van der Waals surface area contributed by atoms with Gasteiger partial charge in [-0.2, -0.15) is 0 Å². The molecule has 1 fully saturated rings. The lowest BCUT2D eigenvalue weighted by Crippen LogP contribution is -2.28. The first-order valence-corrected chi connectivity index (χ1v) is 8.31. The second-order valence-electron chi connectivity index (χ2n) is 5.99. The SMILES string of the molecule is CCCCN(CCCC)c1nc(C2CC2)nc(NN)c1C. The average Bonchev–Trinajstić information content (AvgIpc) is 3.33. The largest absolute Gasteiger partial charge is 0.356 e. The summed E-state index contributed by atoms with van der Waals surface area (Å²) in [7, 11) is 0. The van der Waals surface area contributed by atoms with Crippen LogP contribution in [0.1, 0.15) is 69.7 Å². The van der Waals surface area contributed by atoms with E-state index >= 15 is 0 Å². The molecule has 0 bridgehead atoms. The molecule has 1 aliphatic rings. The zero-order chi connectivity index (χ0) is 15.2. The van der Waals surface area contributed by atoms with Gasteiger partial charge in [-0.25, -0.2) is 15.8 Å². The Labute approximate surface area is 128 Å². The van der Waals surface area contributed by atoms with Gasteiger partial charge in [0.1, 0.15) is 17.5 Å². The molecule has 1 saturated carbocycles. The van der Waals surface area contributed by atoms with Crippen molar-refractivity contribution in [2.75, 3.05) is 23.4 Å². The quantitative estimate of drug-likeness (QED) is 0.539. The number of hydrogen-bond acceptors (Lipinski definition) is 5. The van der Waals surface area contributed by atoms with E-state index in [0.717, 1.165) is 36.1 Å². The summed E-state index contributed by atoms with van der Waals surface area (Å²) >= 11 is 0. The number of anilines is 2. The number of hydrazine groups is 1. The number of unbranched alkanes of at least 4 members (excludes halogenated alkanes) is 2. The Morgan fingerprint density at radius 1 is 1.14 bits per heavy atom. The van der Waals surface area contributed by atoms with Crippen LogP contribution in [0.2, 0.25) is 0 Å². The van der Waals surface area contributed by atoms with Crippen LogP contribution in [-0.4, -0.2) is 23.1 Å². The second kappa shape index (κ2) is 7.59. The number of nitrogens with one attached hydrogen (secondary N) is 1. The van der Waals surface area contributed by atoms with Gasteiger partial charge in [-0.05, 0) is 32.6 Å². The van der Waals surface area contributed by atoms with Crippen LogP contribution in [0, 0.1) is 6.92 Å². The molecular formula is C16H29N5. The summed E-state index contributed by atoms with van der Waals surface area (Å²) in [6.45, 7) is 8.64. The molecule has 0 aromatic carbocycles. The smallest absolute Gasteiger partial charge is 0.148 e. The molecule has 0 amide bonds. The number of nitrogens with zero attached hydrogens (tertiary/aromatic N) is 3. The van der Waals surface area contributed by atoms with Crippen LogP contribution in [0.4, 0.5) is 11.6 Å². The van der Waals surface area contributed by atoms with E-state index < -0.39 is 0 Å². The molecule has 0 radical (unpaired) electrons. The zero-order valence-corrected chi connectivity index (χ0v) is 13.7. The van der Waals surface area contributed by atoms with Gasteiger partial charge >= 0.3 is 0 Å². The highest BCUT2D eigenvalue weighted by Crippen LogP contribution is 2.40. The number of aromatic nitrogens is 2. The average molecular weight is 291 g/mol. The van der Waals surface area contributed by atoms with E-state index in [1.165, 1.54) is 38.5 Å². The van der Waals surface area contributed by atoms with Crippen molar-refractivity contribution in [2.45, 2.75) is 65.2 Å². The molecule has 0 saturated heterocycles. The van der Waals surface area contributed by atoms with Gasteiger partial charge in [0.2, 0.25) is 0 Å². The first kappa shape index (κ1) is 16.0. The number of hydrogen-bond donors (Lipinski definition) is 2. The summed E-state index contributed by atoms with van der Waals surface area (Å²) in [5.41, 5.74) is 3.81. The van der Waals surface area contributed by atoms with Gasteiger partial charge in [0.05, 0.1) is 0 Å². The summed E-state index contributed by atoms with van der Waals surface area (Å²) < 4.78 is 0. The van der Waals surface area contributed by atoms with Crippen molar-refractivity contribution in [2.24, 2.45) is 5.84 Å². The van der Waals surface area contributed by atoms with Gasteiger partial charge in [-0.15, -0.1) is 0 Å². The Bertz CT molecular complexity index is 448. The molecule has 21 heavy (non-hydrogen) atoms. The van der Waals surface area contributed by atoms with Gasteiger partial charge in [-0.3, -0.25) is 0 Å². The molecule has 0 aliphatic heterocycles. The highest BCUT2D eigenvalue weighted by molar-refractivity contribution is 5.58. The predicted molar refractivity (Wildman–Crippen MR) is 88.6 cm³/mol. The maximum atomic E-state index is 5.65. The molecule has 1 heterocycles. The predicted octanol–water partition coefficient (Wildman–Crippen LogP) is 3.35. The lowest BCUT2D eigenvalue weighted by atomic mass is 10.2. The van der Waals surface area contributed by atoms with E-state index in [2.05, 4.69) is 36.1 Å². The third kappa shape index (κ3) is 4.06. The molecule has 2 rings (SSSR count). The van der Waals surface area contributed by atoms with E-state index in [4.69, 9.17) is 10.8 Å². The Balaban J connectivity index is 2.29. The van der Waals surface area contributed by atoms with E-state index in [1.54, 1.807) is 0 Å². The Hall–Kier alpha value is -1.36. The lowest BCUT2D eigenvalue weighted by Gasteiger charge is -2.26. The van der Waals surface area contributed by atoms with Crippen molar-refractivity contribution in [1.29, 1.82) is 0 Å². The maximum absolute atomic E-state index is 5.65. The third-order valence-electron chi connectivity index (χ3n) is 4.08. The minimum Gasteiger partial charge on any atom is -0.356 e. The van der Waals surface area contributed by atoms with Crippen LogP contribution in [0.25, 0.3) is 0 Å². The highest BCUT2D eigenvalue weighted by Gasteiger charge is 2.29. The van der Waals surface area contributed by atoms with Crippen LogP contribution in [0.3, 0.4) is 0 Å². The Morgan fingerprint density at radius 3 is 2.24 bits per heavy atom. The monoisotopic (exact) mass is 291 g/mol. The molecule has 0 unspecified atom stereocenters. The van der Waals surface area contributed by atoms with Crippen LogP contribution in [-0.2, 0) is 0 Å². The van der Waals surface area contributed by atoms with Gasteiger partial charge in [0.25, 0.3) is 0 Å². The fraction of sp³-hybridized carbons (Fsp3) is 0.750. The summed E-state index contributed by atoms with van der Waals surface area (Å²) in [5.74, 6) is 9.00. The van der Waals surface area contributed by atoms with Crippen LogP contribution < -0.4 is 16.2 Å². The van der Waals surface area contributed by atoms with E-state index in [0.29, 0.717) is 5.92 Å². The summed E-state index contributed by atoms with van der Waals surface area (Å²) in [6, 6.07) is 0. The van der Waals surface area contributed by atoms with Gasteiger partial charge in [0.15, 0.2) is 0 Å². The van der Waals surface area contributed by atoms with Crippen LogP contribution >= 0.6 is 0 Å². The normalized spacial score (nSPS) is 14.3. The molecule has 3 N–H and O–H groups in total. The van der Waals surface area contributed by atoms with E-state index in [-0.39, 0.29) is 0 Å². The third-order valence-corrected chi connectivity index (χ3v) is 4.08. The molecule has 1 aliphatic carbocycles. The van der Waals surface area contributed by atoms with E-state index in [9.17, 15) is 0 Å². The highest BCUT2D eigenvalue weighted by atomic mass is 15.3. The van der Waals surface area contributed by atoms with Crippen LogP contribution in [0.5, 0.6) is 0 Å². The van der Waals surface area contributed by atoms with Crippen molar-refractivity contribution in [1.82, 2.24) is 9.97 Å². The molecular weight excluding hydrogens is 262 g/mol. The van der Waals surface area contributed by atoms with Crippen molar-refractivity contribution in [3.05, 3.63) is 11.4 Å². The van der Waals surface area contributed by atoms with Crippen molar-refractivity contribution in [3.8, 4) is 0 Å². The van der Waals surface area contributed by atoms with Gasteiger partial charge in [0, 0.05) is 24.6 Å². The van der Waals surface area contributed by atoms with Gasteiger partial charge < -0.3 is 10.3 Å². The minimum absolute atomic E-state index is 0.538. The molecule has 118 valence electrons. The first-order valence-electron chi connectivity index (χ1n) is 8.31. The summed E-state index contributed by atoms with van der Waals surface area (Å²) in [5, 5.41) is 0. The van der Waals surface area contributed by atoms with Crippen molar-refractivity contribution >= 4 is 11.6 Å². The first-order chi connectivity index (χ1) is 10.2. The molecule has 1 aromatic heterocycles. The molecule has 5 heteroatoms. The lowest BCUT2D eigenvalue weighted by molar-refractivity contribution is 0.666. The molecule has 5 nitrogen and oxygen atoms in total. The summed E-state index contributed by atoms with van der Waals surface area (Å²) in [4.78, 5) is 11.9. The zero-order valence-electron chi connectivity index (χ0n) is 13.7. The summed E-state index contributed by atoms with van der Waals surface area (Å²) in [6.07, 6.45) is 7.19. The number of rotatable bonds is 9. The van der Waals surface area contributed by atoms with Crippen molar-refractivity contribution in [3.63, 3.8) is 0 Å². The number of nitrogen functional groups attached to an aromatic ring is 1. The Kier molecular flexibility index (Phi) is 5.79. The van der Waals surface area contributed by atoms with Crippen LogP contribution in [0.15, 0.2) is 0 Å².